The molecule has 2 saturated heterocycles. The first-order valence-corrected chi connectivity index (χ1v) is 13.0. The van der Waals surface area contributed by atoms with Crippen LogP contribution in [-0.2, 0) is 14.3 Å². The fourth-order valence-electron chi connectivity index (χ4n) is 6.51. The summed E-state index contributed by atoms with van der Waals surface area (Å²) >= 11 is 0. The number of fused-ring (bicyclic) bond motifs is 3. The van der Waals surface area contributed by atoms with Gasteiger partial charge in [0.2, 0.25) is 11.8 Å². The van der Waals surface area contributed by atoms with Crippen LogP contribution in [0.15, 0.2) is 72.8 Å². The molecule has 6 rings (SSSR count). The Morgan fingerprint density at radius 1 is 1.00 bits per heavy atom. The van der Waals surface area contributed by atoms with Crippen molar-refractivity contribution in [2.45, 2.75) is 38.1 Å². The number of hydrogen-bond donors (Lipinski definition) is 3. The van der Waals surface area contributed by atoms with E-state index in [0.29, 0.717) is 24.1 Å². The molecule has 0 spiro atoms. The topological polar surface area (TPSA) is 99.1 Å². The van der Waals surface area contributed by atoms with Crippen LogP contribution < -0.4 is 10.2 Å². The molecule has 196 valence electrons. The minimum absolute atomic E-state index is 0.261. The summed E-state index contributed by atoms with van der Waals surface area (Å²) in [6.45, 7) is 1.93. The number of phenols is 1. The third-order valence-corrected chi connectivity index (χ3v) is 8.39. The van der Waals surface area contributed by atoms with Crippen molar-refractivity contribution < 1.29 is 28.9 Å². The largest absolute Gasteiger partial charge is 0.505 e. The second-order valence-corrected chi connectivity index (χ2v) is 10.4. The molecule has 3 aromatic carbocycles. The van der Waals surface area contributed by atoms with Crippen LogP contribution in [0.1, 0.15) is 37.9 Å². The normalized spacial score (nSPS) is 30.3. The number of anilines is 3. The Hall–Kier alpha value is -3.75. The third-order valence-electron chi connectivity index (χ3n) is 8.39. The molecule has 3 N–H and O–H groups in total. The quantitative estimate of drug-likeness (QED) is 0.399. The van der Waals surface area contributed by atoms with Crippen molar-refractivity contribution in [3.8, 4) is 5.75 Å². The molecule has 6 atom stereocenters. The summed E-state index contributed by atoms with van der Waals surface area (Å²) < 4.78 is 20.2. The van der Waals surface area contributed by atoms with E-state index in [4.69, 9.17) is 4.74 Å². The number of benzene rings is 3. The highest BCUT2D eigenvalue weighted by Crippen LogP contribution is 2.59. The molecular formula is C30H29FN2O5. The molecule has 8 heteroatoms. The number of rotatable bonds is 5. The van der Waals surface area contributed by atoms with E-state index in [2.05, 4.69) is 5.32 Å². The zero-order valence-electron chi connectivity index (χ0n) is 20.9. The smallest absolute Gasteiger partial charge is 0.238 e. The number of carbonyl (C=O) groups excluding carboxylic acids is 2. The maximum absolute atomic E-state index is 14.1. The van der Waals surface area contributed by atoms with Crippen LogP contribution in [0.5, 0.6) is 5.75 Å². The Morgan fingerprint density at radius 3 is 2.39 bits per heavy atom. The van der Waals surface area contributed by atoms with Gasteiger partial charge in [0, 0.05) is 23.2 Å². The number of hydrogen-bond acceptors (Lipinski definition) is 6. The van der Waals surface area contributed by atoms with Crippen LogP contribution in [-0.4, -0.2) is 27.8 Å². The first-order chi connectivity index (χ1) is 18.3. The molecule has 0 unspecified atom stereocenters. The van der Waals surface area contributed by atoms with Gasteiger partial charge in [-0.15, -0.1) is 0 Å². The minimum Gasteiger partial charge on any atom is -0.505 e. The van der Waals surface area contributed by atoms with E-state index < -0.39 is 41.2 Å². The summed E-state index contributed by atoms with van der Waals surface area (Å²) in [6.07, 6.45) is 0.507. The number of nitrogens with zero attached hydrogens (tertiary/aromatic N) is 1. The zero-order valence-corrected chi connectivity index (χ0v) is 20.9. The first kappa shape index (κ1) is 24.6. The number of ether oxygens (including phenoxy) is 1. The lowest BCUT2D eigenvalue weighted by molar-refractivity contribution is -0.269. The van der Waals surface area contributed by atoms with Crippen molar-refractivity contribution in [1.82, 2.24) is 0 Å². The van der Waals surface area contributed by atoms with Crippen molar-refractivity contribution >= 4 is 28.9 Å². The number of aliphatic hydroxyl groups is 1. The van der Waals surface area contributed by atoms with Crippen LogP contribution in [0.4, 0.5) is 21.5 Å². The zero-order chi connectivity index (χ0) is 26.6. The number of halogens is 1. The number of carbonyl (C=O) groups is 2. The fourth-order valence-corrected chi connectivity index (χ4v) is 6.51. The highest BCUT2D eigenvalue weighted by molar-refractivity contribution is 6.22. The van der Waals surface area contributed by atoms with Gasteiger partial charge in [-0.05, 0) is 73.4 Å². The molecule has 0 aromatic heterocycles. The lowest BCUT2D eigenvalue weighted by Crippen LogP contribution is -2.53. The van der Waals surface area contributed by atoms with E-state index in [1.54, 1.807) is 18.2 Å². The highest BCUT2D eigenvalue weighted by atomic mass is 19.1. The Balaban J connectivity index is 1.28. The number of nitrogens with one attached hydrogen (secondary N) is 1. The summed E-state index contributed by atoms with van der Waals surface area (Å²) in [5, 5.41) is 24.6. The van der Waals surface area contributed by atoms with E-state index in [0.717, 1.165) is 11.4 Å². The maximum Gasteiger partial charge on any atom is 0.238 e. The molecule has 2 aliphatic heterocycles. The average Bonchev–Trinajstić information content (AvgIpc) is 3.40. The van der Waals surface area contributed by atoms with Gasteiger partial charge in [-0.1, -0.05) is 31.2 Å². The third kappa shape index (κ3) is 3.87. The predicted molar refractivity (Wildman–Crippen MR) is 139 cm³/mol. The predicted octanol–water partition coefficient (Wildman–Crippen LogP) is 5.28. The van der Waals surface area contributed by atoms with Crippen molar-refractivity contribution in [3.05, 3.63) is 84.2 Å². The van der Waals surface area contributed by atoms with E-state index in [1.165, 1.54) is 17.0 Å². The first-order valence-electron chi connectivity index (χ1n) is 13.0. The molecule has 2 amide bonds. The summed E-state index contributed by atoms with van der Waals surface area (Å²) in [7, 11) is 0. The lowest BCUT2D eigenvalue weighted by Gasteiger charge is -2.44. The Bertz CT molecular complexity index is 1380. The van der Waals surface area contributed by atoms with Gasteiger partial charge in [-0.25, -0.2) is 4.39 Å². The molecule has 3 aromatic rings. The van der Waals surface area contributed by atoms with Crippen molar-refractivity contribution in [1.29, 1.82) is 0 Å². The van der Waals surface area contributed by atoms with Gasteiger partial charge >= 0.3 is 0 Å². The number of amides is 2. The highest BCUT2D eigenvalue weighted by Gasteiger charge is 2.66. The van der Waals surface area contributed by atoms with Gasteiger partial charge in [0.1, 0.15) is 0 Å². The van der Waals surface area contributed by atoms with Crippen molar-refractivity contribution in [2.75, 3.05) is 10.2 Å². The number of imide groups is 1. The molecule has 1 aliphatic carbocycles. The summed E-state index contributed by atoms with van der Waals surface area (Å²) in [5.41, 5.74) is 2.71. The number of para-hydroxylation sites is 1. The molecule has 3 fully saturated rings. The second-order valence-electron chi connectivity index (χ2n) is 10.4. The van der Waals surface area contributed by atoms with E-state index in [-0.39, 0.29) is 24.2 Å². The van der Waals surface area contributed by atoms with Gasteiger partial charge < -0.3 is 20.3 Å². The van der Waals surface area contributed by atoms with Crippen molar-refractivity contribution in [3.63, 3.8) is 0 Å². The van der Waals surface area contributed by atoms with E-state index >= 15 is 0 Å². The molecule has 3 aliphatic rings. The standard InChI is InChI=1S/C30H29FN2O5/c1-2-18-15-22-27(23-16-26(38-30(18,23)37)17-8-13-25(34)24(31)14-17)29(36)33(28(22)35)21-11-9-20(10-12-21)32-19-6-4-3-5-7-19/h3-14,18,22-23,26-27,32,34,37H,2,15-16H2,1H3/t18-,22-,23-,26-,27-,30+/m0/s1. The minimum atomic E-state index is -1.61. The van der Waals surface area contributed by atoms with Crippen LogP contribution in [0.3, 0.4) is 0 Å². The summed E-state index contributed by atoms with van der Waals surface area (Å²) in [4.78, 5) is 28.6. The summed E-state index contributed by atoms with van der Waals surface area (Å²) in [5.74, 6) is -5.71. The fraction of sp³-hybridized carbons (Fsp3) is 0.333. The van der Waals surface area contributed by atoms with Gasteiger partial charge in [0.05, 0.1) is 23.6 Å². The monoisotopic (exact) mass is 516 g/mol. The molecule has 7 nitrogen and oxygen atoms in total. The molecule has 2 heterocycles. The van der Waals surface area contributed by atoms with E-state index in [9.17, 15) is 24.2 Å². The number of aromatic hydroxyl groups is 1. The number of phenolic OH excluding ortho intramolecular Hbond substituents is 1. The van der Waals surface area contributed by atoms with Gasteiger partial charge in [-0.3, -0.25) is 14.5 Å². The Morgan fingerprint density at radius 2 is 1.71 bits per heavy atom. The molecule has 0 radical (unpaired) electrons. The summed E-state index contributed by atoms with van der Waals surface area (Å²) in [6, 6.07) is 20.8. The van der Waals surface area contributed by atoms with Gasteiger partial charge in [0.15, 0.2) is 17.4 Å². The molecular weight excluding hydrogens is 487 g/mol. The average molecular weight is 517 g/mol. The van der Waals surface area contributed by atoms with E-state index in [1.807, 2.05) is 49.4 Å². The lowest BCUT2D eigenvalue weighted by atomic mass is 9.64. The SMILES string of the molecule is CC[C@H]1C[C@@H]2C(=O)N(c3ccc(Nc4ccccc4)cc3)C(=O)[C@@H]2[C@@H]2C[C@@H](c3ccc(O)c(F)c3)O[C@]12O. The molecule has 1 saturated carbocycles. The van der Waals surface area contributed by atoms with Crippen LogP contribution in [0.2, 0.25) is 0 Å². The molecule has 0 bridgehead atoms. The maximum atomic E-state index is 14.1. The van der Waals surface area contributed by atoms with Crippen molar-refractivity contribution in [2.24, 2.45) is 23.7 Å². The molecule has 38 heavy (non-hydrogen) atoms. The van der Waals surface area contributed by atoms with Gasteiger partial charge in [0.25, 0.3) is 0 Å². The Labute approximate surface area is 219 Å². The van der Waals surface area contributed by atoms with Crippen LogP contribution in [0, 0.1) is 29.5 Å². The second kappa shape index (κ2) is 9.22. The van der Waals surface area contributed by atoms with Crippen LogP contribution >= 0.6 is 0 Å². The van der Waals surface area contributed by atoms with Crippen LogP contribution in [0.25, 0.3) is 0 Å². The van der Waals surface area contributed by atoms with Gasteiger partial charge in [-0.2, -0.15) is 0 Å². The Kier molecular flexibility index (Phi) is 5.96.